The van der Waals surface area contributed by atoms with Crippen molar-refractivity contribution in [2.45, 2.75) is 6.61 Å². The highest BCUT2D eigenvalue weighted by Gasteiger charge is 2.28. The van der Waals surface area contributed by atoms with Crippen LogP contribution in [0.1, 0.15) is 5.56 Å². The molecule has 0 radical (unpaired) electrons. The molecule has 5 nitrogen and oxygen atoms in total. The monoisotopic (exact) mass is 318 g/mol. The summed E-state index contributed by atoms with van der Waals surface area (Å²) in [6.07, 6.45) is 7.17. The van der Waals surface area contributed by atoms with Gasteiger partial charge in [0.05, 0.1) is 5.70 Å². The molecule has 0 amide bonds. The Morgan fingerprint density at radius 2 is 1.96 bits per heavy atom. The van der Waals surface area contributed by atoms with Gasteiger partial charge in [0.1, 0.15) is 5.75 Å². The van der Waals surface area contributed by atoms with Crippen molar-refractivity contribution >= 4 is 11.9 Å². The minimum absolute atomic E-state index is 0.0207. The summed E-state index contributed by atoms with van der Waals surface area (Å²) in [6, 6.07) is 5.71. The number of allylic oxidation sites excluding steroid dienone is 3. The fourth-order valence-corrected chi connectivity index (χ4v) is 2.14. The Bertz CT molecular complexity index is 749. The highest BCUT2D eigenvalue weighted by Crippen LogP contribution is 2.24. The molecular formula is C16H12F2N2O3. The van der Waals surface area contributed by atoms with Crippen LogP contribution in [0.25, 0.3) is 0 Å². The maximum Gasteiger partial charge on any atom is 0.387 e. The Kier molecular flexibility index (Phi) is 3.92. The molecule has 7 heteroatoms. The molecule has 2 heterocycles. The smallest absolute Gasteiger partial charge is 0.387 e. The molecule has 0 N–H and O–H groups in total. The van der Waals surface area contributed by atoms with Gasteiger partial charge in [-0.3, -0.25) is 0 Å². The van der Waals surface area contributed by atoms with Crippen LogP contribution in [-0.2, 0) is 9.53 Å². The first-order chi connectivity index (χ1) is 11.0. The second kappa shape index (κ2) is 6.04. The van der Waals surface area contributed by atoms with Gasteiger partial charge < -0.3 is 14.4 Å². The SMILES string of the molecule is CN1C=CC=C/C1=C1\N=C(c2ccc(OC(F)F)cc2)OC1=O. The molecule has 0 aliphatic carbocycles. The van der Waals surface area contributed by atoms with Gasteiger partial charge in [-0.1, -0.05) is 6.08 Å². The molecule has 2 aliphatic heterocycles. The Hall–Kier alpha value is -2.96. The van der Waals surface area contributed by atoms with Gasteiger partial charge in [0.15, 0.2) is 5.70 Å². The maximum atomic E-state index is 12.1. The summed E-state index contributed by atoms with van der Waals surface area (Å²) in [5, 5.41) is 0. The standard InChI is InChI=1S/C16H12F2N2O3/c1-20-9-3-2-4-12(20)13-15(21)23-14(19-13)10-5-7-11(8-6-10)22-16(17)18/h2-9,16H,1H3/b13-12+. The number of rotatable bonds is 3. The van der Waals surface area contributed by atoms with Crippen molar-refractivity contribution < 1.29 is 23.0 Å². The second-order valence-corrected chi connectivity index (χ2v) is 4.75. The molecule has 0 atom stereocenters. The molecule has 0 spiro atoms. The first-order valence-corrected chi connectivity index (χ1v) is 6.72. The van der Waals surface area contributed by atoms with E-state index in [-0.39, 0.29) is 17.3 Å². The highest BCUT2D eigenvalue weighted by molar-refractivity contribution is 6.11. The van der Waals surface area contributed by atoms with Crippen LogP contribution in [0.2, 0.25) is 0 Å². The number of cyclic esters (lactones) is 1. The molecule has 0 saturated heterocycles. The van der Waals surface area contributed by atoms with Gasteiger partial charge in [-0.15, -0.1) is 0 Å². The fraction of sp³-hybridized carbons (Fsp3) is 0.125. The largest absolute Gasteiger partial charge is 0.435 e. The number of ether oxygens (including phenoxy) is 2. The van der Waals surface area contributed by atoms with Crippen molar-refractivity contribution in [1.82, 2.24) is 4.90 Å². The second-order valence-electron chi connectivity index (χ2n) is 4.75. The molecule has 0 aromatic heterocycles. The van der Waals surface area contributed by atoms with Crippen LogP contribution in [-0.4, -0.2) is 30.4 Å². The van der Waals surface area contributed by atoms with Crippen LogP contribution in [0, 0.1) is 0 Å². The number of alkyl halides is 2. The zero-order valence-corrected chi connectivity index (χ0v) is 12.1. The van der Waals surface area contributed by atoms with Crippen LogP contribution in [0.4, 0.5) is 8.78 Å². The molecule has 0 saturated carbocycles. The Morgan fingerprint density at radius 3 is 2.61 bits per heavy atom. The molecule has 0 fully saturated rings. The lowest BCUT2D eigenvalue weighted by atomic mass is 10.2. The molecule has 3 rings (SSSR count). The predicted octanol–water partition coefficient (Wildman–Crippen LogP) is 2.82. The minimum Gasteiger partial charge on any atom is -0.435 e. The lowest BCUT2D eigenvalue weighted by Gasteiger charge is -2.17. The number of likely N-dealkylation sites (N-methyl/N-ethyl adjacent to an activating group) is 1. The number of nitrogens with zero attached hydrogens (tertiary/aromatic N) is 2. The van der Waals surface area contributed by atoms with E-state index in [1.807, 2.05) is 6.08 Å². The number of carbonyl (C=O) groups excluding carboxylic acids is 1. The summed E-state index contributed by atoms with van der Waals surface area (Å²) in [6.45, 7) is -2.89. The third-order valence-corrected chi connectivity index (χ3v) is 3.22. The molecule has 2 aliphatic rings. The number of hydrogen-bond acceptors (Lipinski definition) is 5. The summed E-state index contributed by atoms with van der Waals surface area (Å²) in [5.74, 6) is -0.417. The van der Waals surface area contributed by atoms with Crippen LogP contribution >= 0.6 is 0 Å². The number of halogens is 2. The third-order valence-electron chi connectivity index (χ3n) is 3.22. The molecule has 1 aromatic carbocycles. The average Bonchev–Trinajstić information content (AvgIpc) is 2.90. The minimum atomic E-state index is -2.89. The molecule has 0 unspecified atom stereocenters. The first kappa shape index (κ1) is 15.0. The van der Waals surface area contributed by atoms with E-state index in [4.69, 9.17) is 4.74 Å². The van der Waals surface area contributed by atoms with Crippen LogP contribution in [0.3, 0.4) is 0 Å². The van der Waals surface area contributed by atoms with Gasteiger partial charge in [-0.25, -0.2) is 9.79 Å². The summed E-state index contributed by atoms with van der Waals surface area (Å²) >= 11 is 0. The quantitative estimate of drug-likeness (QED) is 0.635. The van der Waals surface area contributed by atoms with Gasteiger partial charge in [0, 0.05) is 18.8 Å². The number of aliphatic imine (C=N–C) groups is 1. The van der Waals surface area contributed by atoms with E-state index < -0.39 is 12.6 Å². The van der Waals surface area contributed by atoms with E-state index in [0.29, 0.717) is 11.3 Å². The number of hydrogen-bond donors (Lipinski definition) is 0. The predicted molar refractivity (Wildman–Crippen MR) is 78.8 cm³/mol. The van der Waals surface area contributed by atoms with Gasteiger partial charge in [0.25, 0.3) is 0 Å². The van der Waals surface area contributed by atoms with E-state index in [2.05, 4.69) is 9.73 Å². The van der Waals surface area contributed by atoms with Crippen molar-refractivity contribution in [1.29, 1.82) is 0 Å². The van der Waals surface area contributed by atoms with Crippen molar-refractivity contribution in [3.8, 4) is 5.75 Å². The van der Waals surface area contributed by atoms with Crippen molar-refractivity contribution in [3.05, 3.63) is 65.7 Å². The zero-order chi connectivity index (χ0) is 16.4. The summed E-state index contributed by atoms with van der Waals surface area (Å²) in [7, 11) is 1.79. The van der Waals surface area contributed by atoms with Crippen LogP contribution in [0.5, 0.6) is 5.75 Å². The molecule has 118 valence electrons. The Balaban J connectivity index is 1.88. The van der Waals surface area contributed by atoms with Gasteiger partial charge in [-0.05, 0) is 36.4 Å². The highest BCUT2D eigenvalue weighted by atomic mass is 19.3. The van der Waals surface area contributed by atoms with Crippen molar-refractivity contribution in [3.63, 3.8) is 0 Å². The molecular weight excluding hydrogens is 306 g/mol. The summed E-state index contributed by atoms with van der Waals surface area (Å²) in [5.41, 5.74) is 1.30. The number of esters is 1. The fourth-order valence-electron chi connectivity index (χ4n) is 2.14. The van der Waals surface area contributed by atoms with Gasteiger partial charge >= 0.3 is 12.6 Å². The van der Waals surface area contributed by atoms with E-state index in [0.717, 1.165) is 0 Å². The number of benzene rings is 1. The summed E-state index contributed by atoms with van der Waals surface area (Å²) < 4.78 is 33.7. The lowest BCUT2D eigenvalue weighted by molar-refractivity contribution is -0.130. The first-order valence-electron chi connectivity index (χ1n) is 6.72. The zero-order valence-electron chi connectivity index (χ0n) is 12.1. The Morgan fingerprint density at radius 1 is 1.22 bits per heavy atom. The molecule has 1 aromatic rings. The number of carbonyl (C=O) groups is 1. The van der Waals surface area contributed by atoms with Crippen LogP contribution < -0.4 is 4.74 Å². The maximum absolute atomic E-state index is 12.1. The third kappa shape index (κ3) is 3.13. The Labute approximate surface area is 130 Å². The van der Waals surface area contributed by atoms with Crippen LogP contribution in [0.15, 0.2) is 65.1 Å². The molecule has 23 heavy (non-hydrogen) atoms. The normalized spacial score (nSPS) is 20.1. The molecule has 0 bridgehead atoms. The lowest BCUT2D eigenvalue weighted by Crippen LogP contribution is -2.15. The summed E-state index contributed by atoms with van der Waals surface area (Å²) in [4.78, 5) is 18.0. The van der Waals surface area contributed by atoms with Gasteiger partial charge in [0.2, 0.25) is 5.90 Å². The van der Waals surface area contributed by atoms with E-state index in [1.54, 1.807) is 30.3 Å². The van der Waals surface area contributed by atoms with E-state index in [1.165, 1.54) is 24.3 Å². The van der Waals surface area contributed by atoms with Gasteiger partial charge in [-0.2, -0.15) is 8.78 Å². The van der Waals surface area contributed by atoms with E-state index in [9.17, 15) is 13.6 Å². The van der Waals surface area contributed by atoms with Crippen molar-refractivity contribution in [2.75, 3.05) is 7.05 Å². The van der Waals surface area contributed by atoms with Crippen molar-refractivity contribution in [2.24, 2.45) is 4.99 Å². The topological polar surface area (TPSA) is 51.1 Å². The van der Waals surface area contributed by atoms with E-state index >= 15 is 0 Å². The average molecular weight is 318 g/mol.